The summed E-state index contributed by atoms with van der Waals surface area (Å²) in [5, 5.41) is 0.405. The molecule has 0 aromatic heterocycles. The molecular formula is C16H26O4S. The van der Waals surface area contributed by atoms with E-state index in [1.807, 2.05) is 13.2 Å². The molecule has 0 N–H and O–H groups in total. The molecule has 1 saturated carbocycles. The van der Waals surface area contributed by atoms with Crippen LogP contribution >= 0.6 is 11.8 Å². The van der Waals surface area contributed by atoms with Crippen LogP contribution in [0, 0.1) is 5.92 Å². The summed E-state index contributed by atoms with van der Waals surface area (Å²) in [4.78, 5) is 24.2. The zero-order valence-corrected chi connectivity index (χ0v) is 14.3. The molecule has 0 amide bonds. The lowest BCUT2D eigenvalue weighted by Crippen LogP contribution is -2.51. The van der Waals surface area contributed by atoms with Gasteiger partial charge < -0.3 is 9.47 Å². The van der Waals surface area contributed by atoms with Gasteiger partial charge in [-0.2, -0.15) is 11.8 Å². The van der Waals surface area contributed by atoms with Crippen LogP contribution in [-0.4, -0.2) is 36.2 Å². The van der Waals surface area contributed by atoms with Crippen LogP contribution in [0.3, 0.4) is 0 Å². The van der Waals surface area contributed by atoms with Crippen LogP contribution in [0.2, 0.25) is 0 Å². The Morgan fingerprint density at radius 3 is 2.57 bits per heavy atom. The molecule has 5 heteroatoms. The second-order valence-corrected chi connectivity index (χ2v) is 6.83. The van der Waals surface area contributed by atoms with Gasteiger partial charge in [-0.3, -0.25) is 4.79 Å². The van der Waals surface area contributed by atoms with Crippen molar-refractivity contribution in [3.8, 4) is 0 Å². The van der Waals surface area contributed by atoms with Crippen LogP contribution in [0.1, 0.15) is 46.0 Å². The van der Waals surface area contributed by atoms with Crippen LogP contribution in [0.4, 0.5) is 0 Å². The maximum Gasteiger partial charge on any atom is 0.333 e. The fraction of sp³-hybridized carbons (Fsp3) is 0.750. The number of methoxy groups -OCH3 is 1. The van der Waals surface area contributed by atoms with E-state index in [0.717, 1.165) is 12.8 Å². The minimum atomic E-state index is -0.746. The number of hydrogen-bond acceptors (Lipinski definition) is 5. The highest BCUT2D eigenvalue weighted by atomic mass is 32.2. The molecule has 3 unspecified atom stereocenters. The summed E-state index contributed by atoms with van der Waals surface area (Å²) in [6, 6.07) is 0. The highest BCUT2D eigenvalue weighted by molar-refractivity contribution is 7.99. The van der Waals surface area contributed by atoms with Gasteiger partial charge in [0.15, 0.2) is 0 Å². The van der Waals surface area contributed by atoms with Crippen molar-refractivity contribution in [2.45, 2.75) is 56.8 Å². The number of thioether (sulfide) groups is 1. The third-order valence-electron chi connectivity index (χ3n) is 4.16. The summed E-state index contributed by atoms with van der Waals surface area (Å²) in [6.07, 6.45) is 5.90. The molecular weight excluding hydrogens is 288 g/mol. The van der Waals surface area contributed by atoms with E-state index in [0.29, 0.717) is 30.1 Å². The van der Waals surface area contributed by atoms with E-state index < -0.39 is 17.5 Å². The SMILES string of the molecule is C=C(C)C(=O)OC1(CCC)CCC(SC)CC1C(=O)OC. The second-order valence-electron chi connectivity index (χ2n) is 5.69. The van der Waals surface area contributed by atoms with E-state index in [4.69, 9.17) is 9.47 Å². The minimum absolute atomic E-state index is 0.281. The predicted molar refractivity (Wildman–Crippen MR) is 85.2 cm³/mol. The summed E-state index contributed by atoms with van der Waals surface area (Å²) in [5.74, 6) is -1.09. The van der Waals surface area contributed by atoms with E-state index in [1.165, 1.54) is 7.11 Å². The van der Waals surface area contributed by atoms with Gasteiger partial charge in [-0.05, 0) is 38.9 Å². The average Bonchev–Trinajstić information content (AvgIpc) is 2.47. The van der Waals surface area contributed by atoms with Gasteiger partial charge in [0.1, 0.15) is 5.60 Å². The molecule has 0 saturated heterocycles. The molecule has 0 aromatic rings. The Kier molecular flexibility index (Phi) is 6.78. The van der Waals surface area contributed by atoms with Gasteiger partial charge in [0.25, 0.3) is 0 Å². The molecule has 1 aliphatic carbocycles. The van der Waals surface area contributed by atoms with Crippen molar-refractivity contribution in [3.63, 3.8) is 0 Å². The fourth-order valence-electron chi connectivity index (χ4n) is 3.01. The molecule has 21 heavy (non-hydrogen) atoms. The molecule has 120 valence electrons. The topological polar surface area (TPSA) is 52.6 Å². The lowest BCUT2D eigenvalue weighted by Gasteiger charge is -2.44. The number of ether oxygens (including phenoxy) is 2. The average molecular weight is 314 g/mol. The fourth-order valence-corrected chi connectivity index (χ4v) is 3.75. The van der Waals surface area contributed by atoms with Crippen LogP contribution in [0.5, 0.6) is 0 Å². The number of carbonyl (C=O) groups excluding carboxylic acids is 2. The first-order chi connectivity index (χ1) is 9.90. The predicted octanol–water partition coefficient (Wildman–Crippen LogP) is 3.35. The van der Waals surface area contributed by atoms with Gasteiger partial charge >= 0.3 is 11.9 Å². The summed E-state index contributed by atoms with van der Waals surface area (Å²) >= 11 is 1.76. The number of hydrogen-bond donors (Lipinski definition) is 0. The van der Waals surface area contributed by atoms with E-state index in [9.17, 15) is 9.59 Å². The molecule has 0 heterocycles. The van der Waals surface area contributed by atoms with E-state index >= 15 is 0 Å². The van der Waals surface area contributed by atoms with Gasteiger partial charge in [-0.15, -0.1) is 0 Å². The Bertz CT molecular complexity index is 407. The molecule has 0 bridgehead atoms. The van der Waals surface area contributed by atoms with Crippen LogP contribution in [0.25, 0.3) is 0 Å². The van der Waals surface area contributed by atoms with Crippen molar-refractivity contribution in [2.24, 2.45) is 5.92 Å². The lowest BCUT2D eigenvalue weighted by molar-refractivity contribution is -0.178. The molecule has 0 radical (unpaired) electrons. The summed E-state index contributed by atoms with van der Waals surface area (Å²) < 4.78 is 10.7. The Hall–Kier alpha value is -0.970. The zero-order valence-electron chi connectivity index (χ0n) is 13.4. The van der Waals surface area contributed by atoms with Crippen LogP contribution in [0.15, 0.2) is 12.2 Å². The smallest absolute Gasteiger partial charge is 0.333 e. The summed E-state index contributed by atoms with van der Waals surface area (Å²) in [7, 11) is 1.39. The number of carbonyl (C=O) groups is 2. The third kappa shape index (κ3) is 4.25. The maximum absolute atomic E-state index is 12.2. The Labute approximate surface area is 131 Å². The molecule has 4 nitrogen and oxygen atoms in total. The minimum Gasteiger partial charge on any atom is -0.469 e. The number of rotatable bonds is 6. The third-order valence-corrected chi connectivity index (χ3v) is 5.25. The van der Waals surface area contributed by atoms with Gasteiger partial charge in [-0.1, -0.05) is 19.9 Å². The monoisotopic (exact) mass is 314 g/mol. The van der Waals surface area contributed by atoms with Crippen molar-refractivity contribution in [3.05, 3.63) is 12.2 Å². The van der Waals surface area contributed by atoms with E-state index in [2.05, 4.69) is 6.58 Å². The largest absolute Gasteiger partial charge is 0.469 e. The molecule has 3 atom stereocenters. The van der Waals surface area contributed by atoms with Gasteiger partial charge in [0, 0.05) is 10.8 Å². The highest BCUT2D eigenvalue weighted by Gasteiger charge is 2.50. The Balaban J connectivity index is 3.08. The van der Waals surface area contributed by atoms with Gasteiger partial charge in [0.05, 0.1) is 13.0 Å². The second kappa shape index (κ2) is 7.87. The van der Waals surface area contributed by atoms with Crippen LogP contribution in [-0.2, 0) is 19.1 Å². The van der Waals surface area contributed by atoms with E-state index in [-0.39, 0.29) is 5.97 Å². The molecule has 1 rings (SSSR count). The quantitative estimate of drug-likeness (QED) is 0.556. The molecule has 0 aromatic carbocycles. The maximum atomic E-state index is 12.2. The molecule has 0 aliphatic heterocycles. The summed E-state index contributed by atoms with van der Waals surface area (Å²) in [6.45, 7) is 7.30. The molecule has 1 fully saturated rings. The van der Waals surface area contributed by atoms with E-state index in [1.54, 1.807) is 18.7 Å². The molecule has 1 aliphatic rings. The normalized spacial score (nSPS) is 28.8. The summed E-state index contributed by atoms with van der Waals surface area (Å²) in [5.41, 5.74) is -0.384. The Morgan fingerprint density at radius 1 is 1.43 bits per heavy atom. The van der Waals surface area contributed by atoms with Crippen molar-refractivity contribution < 1.29 is 19.1 Å². The van der Waals surface area contributed by atoms with Crippen LogP contribution < -0.4 is 0 Å². The first-order valence-electron chi connectivity index (χ1n) is 7.39. The van der Waals surface area contributed by atoms with Gasteiger partial charge in [0.2, 0.25) is 0 Å². The molecule has 0 spiro atoms. The Morgan fingerprint density at radius 2 is 2.10 bits per heavy atom. The van der Waals surface area contributed by atoms with Crippen molar-refractivity contribution >= 4 is 23.7 Å². The number of esters is 2. The van der Waals surface area contributed by atoms with Crippen molar-refractivity contribution in [2.75, 3.05) is 13.4 Å². The standard InChI is InChI=1S/C16H26O4S/c1-6-8-16(20-14(17)11(2)3)9-7-12(21-5)10-13(16)15(18)19-4/h12-13H,2,6-10H2,1,3-5H3. The lowest BCUT2D eigenvalue weighted by atomic mass is 9.72. The zero-order chi connectivity index (χ0) is 16.0. The first-order valence-corrected chi connectivity index (χ1v) is 8.68. The highest BCUT2D eigenvalue weighted by Crippen LogP contribution is 2.44. The van der Waals surface area contributed by atoms with Gasteiger partial charge in [-0.25, -0.2) is 4.79 Å². The first kappa shape index (κ1) is 18.1. The van der Waals surface area contributed by atoms with Crippen molar-refractivity contribution in [1.29, 1.82) is 0 Å². The van der Waals surface area contributed by atoms with Crippen molar-refractivity contribution in [1.82, 2.24) is 0 Å².